The Hall–Kier alpha value is -2.34. The molecule has 0 bridgehead atoms. The molecule has 1 aromatic carbocycles. The number of hydrogen-bond acceptors (Lipinski definition) is 3. The third-order valence-electron chi connectivity index (χ3n) is 5.28. The largest absolute Gasteiger partial charge is 0.361 e. The van der Waals surface area contributed by atoms with Crippen molar-refractivity contribution in [1.82, 2.24) is 15.6 Å². The molecular formula is C19H26N4O2. The van der Waals surface area contributed by atoms with E-state index in [-0.39, 0.29) is 23.7 Å². The Morgan fingerprint density at radius 2 is 2.12 bits per heavy atom. The molecule has 134 valence electrons. The van der Waals surface area contributed by atoms with Crippen LogP contribution in [0.3, 0.4) is 0 Å². The Morgan fingerprint density at radius 1 is 1.32 bits per heavy atom. The van der Waals surface area contributed by atoms with Gasteiger partial charge < -0.3 is 21.4 Å². The number of aromatic nitrogens is 1. The highest BCUT2D eigenvalue weighted by Gasteiger charge is 2.34. The molecule has 6 nitrogen and oxygen atoms in total. The van der Waals surface area contributed by atoms with E-state index < -0.39 is 6.04 Å². The number of para-hydroxylation sites is 1. The first-order valence-corrected chi connectivity index (χ1v) is 8.91. The van der Waals surface area contributed by atoms with Gasteiger partial charge in [0.1, 0.15) is 6.04 Å². The minimum atomic E-state index is -0.587. The Morgan fingerprint density at radius 3 is 2.88 bits per heavy atom. The van der Waals surface area contributed by atoms with Gasteiger partial charge in [-0.3, -0.25) is 9.59 Å². The molecule has 2 amide bonds. The summed E-state index contributed by atoms with van der Waals surface area (Å²) in [6, 6.07) is 7.36. The topological polar surface area (TPSA) is 100 Å². The van der Waals surface area contributed by atoms with E-state index in [4.69, 9.17) is 5.73 Å². The van der Waals surface area contributed by atoms with Crippen molar-refractivity contribution in [2.24, 2.45) is 17.6 Å². The van der Waals surface area contributed by atoms with Crippen molar-refractivity contribution < 1.29 is 9.59 Å². The first-order valence-electron chi connectivity index (χ1n) is 8.91. The number of H-pyrrole nitrogens is 1. The number of carbonyl (C=O) groups excluding carboxylic acids is 2. The fourth-order valence-corrected chi connectivity index (χ4v) is 3.85. The molecule has 6 heteroatoms. The lowest BCUT2D eigenvalue weighted by Crippen LogP contribution is -2.49. The molecule has 1 aliphatic rings. The zero-order valence-electron chi connectivity index (χ0n) is 14.5. The van der Waals surface area contributed by atoms with Gasteiger partial charge in [0.25, 0.3) is 0 Å². The molecule has 2 aromatic rings. The quantitative estimate of drug-likeness (QED) is 0.637. The van der Waals surface area contributed by atoms with Crippen LogP contribution in [0.4, 0.5) is 0 Å². The monoisotopic (exact) mass is 342 g/mol. The van der Waals surface area contributed by atoms with E-state index in [9.17, 15) is 9.59 Å². The van der Waals surface area contributed by atoms with Crippen LogP contribution in [0.25, 0.3) is 10.9 Å². The van der Waals surface area contributed by atoms with Crippen LogP contribution in [-0.4, -0.2) is 36.4 Å². The number of carbonyl (C=O) groups is 2. The number of fused-ring (bicyclic) bond motifs is 1. The molecule has 0 saturated heterocycles. The number of nitrogens with two attached hydrogens (primary N) is 1. The molecule has 0 aliphatic heterocycles. The molecule has 1 heterocycles. The summed E-state index contributed by atoms with van der Waals surface area (Å²) in [5.41, 5.74) is 7.83. The lowest BCUT2D eigenvalue weighted by Gasteiger charge is -2.22. The van der Waals surface area contributed by atoms with Crippen molar-refractivity contribution in [1.29, 1.82) is 0 Å². The summed E-state index contributed by atoms with van der Waals surface area (Å²) >= 11 is 0. The lowest BCUT2D eigenvalue weighted by atomic mass is 9.94. The van der Waals surface area contributed by atoms with Crippen LogP contribution >= 0.6 is 0 Å². The maximum Gasteiger partial charge on any atom is 0.242 e. The molecule has 1 aliphatic carbocycles. The van der Waals surface area contributed by atoms with Crippen LogP contribution < -0.4 is 16.4 Å². The summed E-state index contributed by atoms with van der Waals surface area (Å²) in [6.07, 6.45) is 5.22. The first kappa shape index (κ1) is 17.5. The highest BCUT2D eigenvalue weighted by atomic mass is 16.2. The molecule has 3 rings (SSSR count). The maximum absolute atomic E-state index is 12.7. The second kappa shape index (κ2) is 7.70. The maximum atomic E-state index is 12.7. The fourth-order valence-electron chi connectivity index (χ4n) is 3.85. The molecule has 0 unspecified atom stereocenters. The third-order valence-corrected chi connectivity index (χ3v) is 5.28. The second-order valence-corrected chi connectivity index (χ2v) is 6.77. The van der Waals surface area contributed by atoms with E-state index in [1.165, 1.54) is 0 Å². The molecule has 0 spiro atoms. The van der Waals surface area contributed by atoms with Crippen molar-refractivity contribution >= 4 is 22.7 Å². The number of rotatable bonds is 6. The van der Waals surface area contributed by atoms with Crippen LogP contribution in [0.5, 0.6) is 0 Å². The van der Waals surface area contributed by atoms with Gasteiger partial charge in [0.15, 0.2) is 0 Å². The standard InChI is InChI=1S/C19H26N4O2/c1-21-19(25)17(23-18(24)15-7-4-5-12(15)10-20)9-13-11-22-16-8-3-2-6-14(13)16/h2-3,6,8,11-12,15,17,22H,4-5,7,9-10,20H2,1H3,(H,21,25)(H,23,24)/t12-,15-,17+/m1/s1. The third kappa shape index (κ3) is 3.69. The van der Waals surface area contributed by atoms with E-state index in [0.717, 1.165) is 35.7 Å². The number of amides is 2. The van der Waals surface area contributed by atoms with Crippen molar-refractivity contribution in [2.75, 3.05) is 13.6 Å². The van der Waals surface area contributed by atoms with Crippen molar-refractivity contribution in [3.63, 3.8) is 0 Å². The molecular weight excluding hydrogens is 316 g/mol. The van der Waals surface area contributed by atoms with Gasteiger partial charge in [0.05, 0.1) is 0 Å². The highest BCUT2D eigenvalue weighted by molar-refractivity contribution is 5.90. The van der Waals surface area contributed by atoms with Crippen LogP contribution in [0.2, 0.25) is 0 Å². The van der Waals surface area contributed by atoms with Crippen molar-refractivity contribution in [3.8, 4) is 0 Å². The van der Waals surface area contributed by atoms with Gasteiger partial charge in [-0.1, -0.05) is 24.6 Å². The van der Waals surface area contributed by atoms with Gasteiger partial charge in [-0.25, -0.2) is 0 Å². The minimum Gasteiger partial charge on any atom is -0.361 e. The molecule has 0 radical (unpaired) electrons. The van der Waals surface area contributed by atoms with Crippen LogP contribution in [-0.2, 0) is 16.0 Å². The number of aromatic amines is 1. The van der Waals surface area contributed by atoms with Crippen LogP contribution in [0.1, 0.15) is 24.8 Å². The SMILES string of the molecule is CNC(=O)[C@H](Cc1c[nH]c2ccccc12)NC(=O)[C@@H]1CCC[C@@H]1CN. The van der Waals surface area contributed by atoms with Gasteiger partial charge in [-0.2, -0.15) is 0 Å². The van der Waals surface area contributed by atoms with E-state index in [2.05, 4.69) is 15.6 Å². The van der Waals surface area contributed by atoms with Gasteiger partial charge in [0.2, 0.25) is 11.8 Å². The number of hydrogen-bond donors (Lipinski definition) is 4. The first-order chi connectivity index (χ1) is 12.1. The highest BCUT2D eigenvalue weighted by Crippen LogP contribution is 2.31. The van der Waals surface area contributed by atoms with E-state index in [1.807, 2.05) is 30.5 Å². The average molecular weight is 342 g/mol. The zero-order valence-corrected chi connectivity index (χ0v) is 14.5. The second-order valence-electron chi connectivity index (χ2n) is 6.77. The molecule has 5 N–H and O–H groups in total. The minimum absolute atomic E-state index is 0.0543. The zero-order chi connectivity index (χ0) is 17.8. The Bertz CT molecular complexity index is 755. The predicted octanol–water partition coefficient (Wildman–Crippen LogP) is 1.32. The van der Waals surface area contributed by atoms with E-state index in [0.29, 0.717) is 13.0 Å². The van der Waals surface area contributed by atoms with Crippen LogP contribution in [0.15, 0.2) is 30.5 Å². The van der Waals surface area contributed by atoms with Gasteiger partial charge in [0, 0.05) is 36.5 Å². The summed E-state index contributed by atoms with van der Waals surface area (Å²) < 4.78 is 0. The number of likely N-dealkylation sites (N-methyl/N-ethyl adjacent to an activating group) is 1. The summed E-state index contributed by atoms with van der Waals surface area (Å²) in [4.78, 5) is 28.2. The van der Waals surface area contributed by atoms with Gasteiger partial charge in [-0.15, -0.1) is 0 Å². The Balaban J connectivity index is 1.76. The summed E-state index contributed by atoms with van der Waals surface area (Å²) in [5.74, 6) is -0.0964. The van der Waals surface area contributed by atoms with E-state index >= 15 is 0 Å². The normalized spacial score (nSPS) is 21.2. The lowest BCUT2D eigenvalue weighted by molar-refractivity contribution is -0.131. The van der Waals surface area contributed by atoms with Gasteiger partial charge >= 0.3 is 0 Å². The Labute approximate surface area is 147 Å². The van der Waals surface area contributed by atoms with Crippen molar-refractivity contribution in [2.45, 2.75) is 31.7 Å². The Kier molecular flexibility index (Phi) is 5.38. The fraction of sp³-hybridized carbons (Fsp3) is 0.474. The summed E-state index contributed by atoms with van der Waals surface area (Å²) in [5, 5.41) is 6.69. The predicted molar refractivity (Wildman–Crippen MR) is 97.9 cm³/mol. The number of nitrogens with one attached hydrogen (secondary N) is 3. The van der Waals surface area contributed by atoms with Gasteiger partial charge in [-0.05, 0) is 36.9 Å². The molecule has 1 aromatic heterocycles. The molecule has 25 heavy (non-hydrogen) atoms. The molecule has 3 atom stereocenters. The summed E-state index contributed by atoms with van der Waals surface area (Å²) in [6.45, 7) is 0.519. The number of benzene rings is 1. The van der Waals surface area contributed by atoms with Crippen LogP contribution in [0, 0.1) is 11.8 Å². The summed E-state index contributed by atoms with van der Waals surface area (Å²) in [7, 11) is 1.59. The molecule has 1 fully saturated rings. The average Bonchev–Trinajstić information content (AvgIpc) is 3.27. The van der Waals surface area contributed by atoms with E-state index in [1.54, 1.807) is 7.05 Å². The smallest absolute Gasteiger partial charge is 0.242 e. The van der Waals surface area contributed by atoms with Crippen molar-refractivity contribution in [3.05, 3.63) is 36.0 Å². The molecule has 1 saturated carbocycles.